The van der Waals surface area contributed by atoms with E-state index in [1.165, 1.54) is 24.3 Å². The second-order valence-corrected chi connectivity index (χ2v) is 7.72. The van der Waals surface area contributed by atoms with Gasteiger partial charge in [0.05, 0.1) is 0 Å². The van der Waals surface area contributed by atoms with Crippen LogP contribution in [0.5, 0.6) is 0 Å². The van der Waals surface area contributed by atoms with Crippen LogP contribution in [0.15, 0.2) is 54.6 Å². The van der Waals surface area contributed by atoms with Crippen molar-refractivity contribution in [2.24, 2.45) is 5.92 Å². The van der Waals surface area contributed by atoms with Crippen LogP contribution in [0.3, 0.4) is 0 Å². The average molecular weight is 391 g/mol. The van der Waals surface area contributed by atoms with E-state index >= 15 is 0 Å². The van der Waals surface area contributed by atoms with Crippen molar-refractivity contribution < 1.29 is 13.6 Å². The number of anilines is 1. The van der Waals surface area contributed by atoms with Crippen molar-refractivity contribution >= 4 is 17.8 Å². The number of allylic oxidation sites excluding steroid dienone is 1. The Kier molecular flexibility index (Phi) is 4.08. The predicted octanol–water partition coefficient (Wildman–Crippen LogP) is 4.59. The Labute approximate surface area is 166 Å². The Bertz CT molecular complexity index is 1050. The summed E-state index contributed by atoms with van der Waals surface area (Å²) < 4.78 is 27.1. The van der Waals surface area contributed by atoms with Gasteiger partial charge in [0.1, 0.15) is 11.6 Å². The first-order valence-corrected chi connectivity index (χ1v) is 9.64. The zero-order chi connectivity index (χ0) is 20.0. The molecule has 1 heterocycles. The molecule has 6 heteroatoms. The highest BCUT2D eigenvalue weighted by Crippen LogP contribution is 2.42. The molecule has 1 fully saturated rings. The summed E-state index contributed by atoms with van der Waals surface area (Å²) in [4.78, 5) is 12.1. The molecule has 0 saturated heterocycles. The third-order valence-electron chi connectivity index (χ3n) is 5.78. The molecule has 0 unspecified atom stereocenters. The minimum absolute atomic E-state index is 0.00149. The quantitative estimate of drug-likeness (QED) is 0.683. The van der Waals surface area contributed by atoms with E-state index in [2.05, 4.69) is 15.5 Å². The number of aromatic amines is 1. The summed E-state index contributed by atoms with van der Waals surface area (Å²) >= 11 is 0. The van der Waals surface area contributed by atoms with Crippen molar-refractivity contribution in [2.75, 3.05) is 5.32 Å². The number of hydrogen-bond acceptors (Lipinski definition) is 2. The van der Waals surface area contributed by atoms with E-state index in [0.717, 1.165) is 35.2 Å². The van der Waals surface area contributed by atoms with Crippen molar-refractivity contribution in [1.29, 1.82) is 0 Å². The van der Waals surface area contributed by atoms with Gasteiger partial charge in [0.25, 0.3) is 0 Å². The summed E-state index contributed by atoms with van der Waals surface area (Å²) in [7, 11) is 0. The van der Waals surface area contributed by atoms with E-state index in [1.54, 1.807) is 24.3 Å². The van der Waals surface area contributed by atoms with Crippen LogP contribution in [0, 0.1) is 17.6 Å². The molecule has 0 aliphatic heterocycles. The third-order valence-corrected chi connectivity index (χ3v) is 5.78. The van der Waals surface area contributed by atoms with Crippen LogP contribution in [-0.2, 0) is 16.6 Å². The topological polar surface area (TPSA) is 57.8 Å². The number of fused-ring (bicyclic) bond motifs is 1. The van der Waals surface area contributed by atoms with Crippen molar-refractivity contribution in [2.45, 2.75) is 24.7 Å². The lowest BCUT2D eigenvalue weighted by molar-refractivity contribution is -0.117. The monoisotopic (exact) mass is 391 g/mol. The van der Waals surface area contributed by atoms with Crippen molar-refractivity contribution in [3.05, 3.63) is 88.6 Å². The largest absolute Gasteiger partial charge is 0.308 e. The fourth-order valence-electron chi connectivity index (χ4n) is 3.98. The van der Waals surface area contributed by atoms with Crippen LogP contribution in [-0.4, -0.2) is 16.1 Å². The summed E-state index contributed by atoms with van der Waals surface area (Å²) in [6.45, 7) is 0. The van der Waals surface area contributed by atoms with Gasteiger partial charge in [-0.15, -0.1) is 0 Å². The first-order valence-electron chi connectivity index (χ1n) is 9.64. The summed E-state index contributed by atoms with van der Waals surface area (Å²) in [6.07, 6.45) is 6.33. The maximum Gasteiger partial charge on any atom is 0.228 e. The molecule has 0 spiro atoms. The number of carbonyl (C=O) groups excluding carboxylic acids is 1. The van der Waals surface area contributed by atoms with E-state index in [9.17, 15) is 13.6 Å². The minimum Gasteiger partial charge on any atom is -0.308 e. The van der Waals surface area contributed by atoms with E-state index in [-0.39, 0.29) is 23.5 Å². The molecule has 5 rings (SSSR count). The molecule has 1 amide bonds. The predicted molar refractivity (Wildman–Crippen MR) is 106 cm³/mol. The average Bonchev–Trinajstić information content (AvgIpc) is 3.51. The highest BCUT2D eigenvalue weighted by Gasteiger charge is 2.37. The molecule has 3 aromatic rings. The first-order chi connectivity index (χ1) is 14.0. The minimum atomic E-state index is -0.599. The molecule has 0 radical (unpaired) electrons. The molecule has 4 nitrogen and oxygen atoms in total. The summed E-state index contributed by atoms with van der Waals surface area (Å²) in [5, 5.41) is 10.2. The number of benzene rings is 2. The van der Waals surface area contributed by atoms with E-state index in [1.807, 2.05) is 12.2 Å². The number of amides is 1. The van der Waals surface area contributed by atoms with Crippen LogP contribution in [0.4, 0.5) is 14.6 Å². The van der Waals surface area contributed by atoms with Crippen LogP contribution in [0.25, 0.3) is 6.08 Å². The van der Waals surface area contributed by atoms with Crippen molar-refractivity contribution in [1.82, 2.24) is 10.2 Å². The molecule has 1 saturated carbocycles. The summed E-state index contributed by atoms with van der Waals surface area (Å²) in [5.41, 5.74) is 2.90. The lowest BCUT2D eigenvalue weighted by Gasteiger charge is -2.34. The first kappa shape index (κ1) is 17.8. The molecule has 29 heavy (non-hydrogen) atoms. The third kappa shape index (κ3) is 3.14. The number of nitrogens with zero attached hydrogens (tertiary/aromatic N) is 1. The zero-order valence-electron chi connectivity index (χ0n) is 15.6. The second-order valence-electron chi connectivity index (χ2n) is 7.72. The molecular formula is C23H19F2N3O. The lowest BCUT2D eigenvalue weighted by Crippen LogP contribution is -2.30. The number of aromatic nitrogens is 2. The van der Waals surface area contributed by atoms with Gasteiger partial charge in [-0.1, -0.05) is 36.4 Å². The molecular weight excluding hydrogens is 372 g/mol. The van der Waals surface area contributed by atoms with Gasteiger partial charge in [-0.25, -0.2) is 8.78 Å². The second kappa shape index (κ2) is 6.65. The number of halogens is 2. The molecule has 146 valence electrons. The highest BCUT2D eigenvalue weighted by molar-refractivity contribution is 5.95. The molecule has 2 aliphatic carbocycles. The Balaban J connectivity index is 1.56. The molecule has 2 aromatic carbocycles. The number of nitrogens with one attached hydrogen (secondary N) is 2. The zero-order valence-corrected chi connectivity index (χ0v) is 15.6. The number of H-pyrrole nitrogens is 1. The summed E-state index contributed by atoms with van der Waals surface area (Å²) in [5.74, 6) is -0.000734. The number of carbonyl (C=O) groups is 1. The van der Waals surface area contributed by atoms with Gasteiger partial charge in [-0.3, -0.25) is 9.89 Å². The molecule has 2 N–H and O–H groups in total. The van der Waals surface area contributed by atoms with E-state index < -0.39 is 5.41 Å². The number of rotatable bonds is 4. The van der Waals surface area contributed by atoms with Gasteiger partial charge in [0.15, 0.2) is 5.82 Å². The van der Waals surface area contributed by atoms with Crippen LogP contribution >= 0.6 is 0 Å². The van der Waals surface area contributed by atoms with Crippen molar-refractivity contribution in [3.63, 3.8) is 0 Å². The van der Waals surface area contributed by atoms with Gasteiger partial charge < -0.3 is 5.32 Å². The maximum atomic E-state index is 13.5. The summed E-state index contributed by atoms with van der Waals surface area (Å²) in [6, 6.07) is 12.7. The maximum absolute atomic E-state index is 13.5. The Hall–Kier alpha value is -3.28. The lowest BCUT2D eigenvalue weighted by atomic mass is 9.68. The SMILES string of the molecule is O=C(Nc1n[nH]c2c1C=CC(c1ccc(F)cc1)(c1ccc(F)cc1)C2)C1CC1. The van der Waals surface area contributed by atoms with Gasteiger partial charge in [0, 0.05) is 29.0 Å². The Morgan fingerprint density at radius 1 is 1.00 bits per heavy atom. The van der Waals surface area contributed by atoms with Gasteiger partial charge in [-0.2, -0.15) is 5.10 Å². The smallest absolute Gasteiger partial charge is 0.228 e. The number of hydrogen-bond donors (Lipinski definition) is 2. The molecule has 2 aliphatic rings. The van der Waals surface area contributed by atoms with E-state index in [4.69, 9.17) is 0 Å². The van der Waals surface area contributed by atoms with Crippen molar-refractivity contribution in [3.8, 4) is 0 Å². The van der Waals surface area contributed by atoms with Gasteiger partial charge in [-0.05, 0) is 48.2 Å². The Morgan fingerprint density at radius 3 is 2.14 bits per heavy atom. The van der Waals surface area contributed by atoms with Gasteiger partial charge >= 0.3 is 0 Å². The van der Waals surface area contributed by atoms with E-state index in [0.29, 0.717) is 12.2 Å². The fraction of sp³-hybridized carbons (Fsp3) is 0.217. The Morgan fingerprint density at radius 2 is 1.59 bits per heavy atom. The van der Waals surface area contributed by atoms with Gasteiger partial charge in [0.2, 0.25) is 5.91 Å². The van der Waals surface area contributed by atoms with Crippen LogP contribution in [0.1, 0.15) is 35.2 Å². The molecule has 0 bridgehead atoms. The standard InChI is InChI=1S/C23H19F2N3O/c24-17-7-3-15(4-8-17)23(16-5-9-18(25)10-6-16)12-11-19-20(13-23)27-28-21(19)26-22(29)14-1-2-14/h3-12,14H,1-2,13H2,(H2,26,27,28,29). The fourth-order valence-corrected chi connectivity index (χ4v) is 3.98. The molecule has 0 atom stereocenters. The normalized spacial score (nSPS) is 17.0. The highest BCUT2D eigenvalue weighted by atomic mass is 19.1. The van der Waals surface area contributed by atoms with Crippen LogP contribution < -0.4 is 5.32 Å². The molecule has 1 aromatic heterocycles. The van der Waals surface area contributed by atoms with Crippen LogP contribution in [0.2, 0.25) is 0 Å².